The first-order chi connectivity index (χ1) is 14.0. The molecule has 1 heterocycles. The van der Waals surface area contributed by atoms with Crippen molar-refractivity contribution in [3.8, 4) is 0 Å². The van der Waals surface area contributed by atoms with Gasteiger partial charge in [0, 0.05) is 16.2 Å². The molecule has 4 rings (SSSR count). The van der Waals surface area contributed by atoms with Gasteiger partial charge in [0.1, 0.15) is 0 Å². The van der Waals surface area contributed by atoms with Crippen molar-refractivity contribution in [1.82, 2.24) is 9.55 Å². The summed E-state index contributed by atoms with van der Waals surface area (Å²) in [7, 11) is 0. The van der Waals surface area contributed by atoms with Crippen molar-refractivity contribution in [2.75, 3.05) is 11.1 Å². The summed E-state index contributed by atoms with van der Waals surface area (Å²) >= 11 is 4.79. The number of halogens is 1. The Hall–Kier alpha value is -2.12. The molecule has 29 heavy (non-hydrogen) atoms. The molecule has 1 N–H and O–H groups in total. The predicted octanol–water partition coefficient (Wildman–Crippen LogP) is 5.31. The number of fused-ring (bicyclic) bond motifs is 1. The van der Waals surface area contributed by atoms with Crippen LogP contribution in [0.1, 0.15) is 37.3 Å². The summed E-state index contributed by atoms with van der Waals surface area (Å²) in [5.74, 6) is 0.0872. The lowest BCUT2D eigenvalue weighted by atomic mass is 10.2. The molecule has 1 aliphatic carbocycles. The molecule has 1 aliphatic rings. The van der Waals surface area contributed by atoms with Crippen LogP contribution in [0, 0.1) is 6.92 Å². The van der Waals surface area contributed by atoms with Gasteiger partial charge in [0.05, 0.1) is 16.7 Å². The molecule has 3 aromatic rings. The highest BCUT2D eigenvalue weighted by Gasteiger charge is 2.23. The van der Waals surface area contributed by atoms with E-state index in [0.29, 0.717) is 16.1 Å². The van der Waals surface area contributed by atoms with Gasteiger partial charge >= 0.3 is 0 Å². The molecule has 0 unspecified atom stereocenters. The summed E-state index contributed by atoms with van der Waals surface area (Å²) in [5.41, 5.74) is 2.49. The molecular weight excluding hydrogens is 450 g/mol. The number of aryl methyl sites for hydroxylation is 1. The Morgan fingerprint density at radius 1 is 1.24 bits per heavy atom. The van der Waals surface area contributed by atoms with Gasteiger partial charge in [-0.2, -0.15) is 0 Å². The third-order valence-corrected chi connectivity index (χ3v) is 7.08. The molecule has 0 saturated heterocycles. The molecule has 5 nitrogen and oxygen atoms in total. The van der Waals surface area contributed by atoms with E-state index in [9.17, 15) is 9.59 Å². The molecule has 0 aliphatic heterocycles. The van der Waals surface area contributed by atoms with E-state index in [1.807, 2.05) is 54.0 Å². The summed E-state index contributed by atoms with van der Waals surface area (Å²) in [6.45, 7) is 1.98. The first-order valence-electron chi connectivity index (χ1n) is 9.73. The van der Waals surface area contributed by atoms with Crippen LogP contribution in [0.2, 0.25) is 0 Å². The number of benzene rings is 2. The van der Waals surface area contributed by atoms with Gasteiger partial charge in [0.15, 0.2) is 5.16 Å². The van der Waals surface area contributed by atoms with E-state index in [1.54, 1.807) is 0 Å². The largest absolute Gasteiger partial charge is 0.325 e. The van der Waals surface area contributed by atoms with Gasteiger partial charge in [-0.05, 0) is 55.7 Å². The minimum Gasteiger partial charge on any atom is -0.325 e. The monoisotopic (exact) mass is 471 g/mol. The zero-order chi connectivity index (χ0) is 20.4. The number of carbonyl (C=O) groups excluding carboxylic acids is 1. The number of amides is 1. The van der Waals surface area contributed by atoms with Crippen LogP contribution in [0.3, 0.4) is 0 Å². The number of rotatable bonds is 5. The molecular formula is C22H22BrN3O2S. The smallest absolute Gasteiger partial charge is 0.262 e. The third-order valence-electron chi connectivity index (χ3n) is 5.24. The van der Waals surface area contributed by atoms with Crippen molar-refractivity contribution in [3.63, 3.8) is 0 Å². The van der Waals surface area contributed by atoms with Crippen molar-refractivity contribution in [1.29, 1.82) is 0 Å². The fourth-order valence-electron chi connectivity index (χ4n) is 3.76. The molecule has 1 amide bonds. The van der Waals surface area contributed by atoms with Crippen LogP contribution in [0.5, 0.6) is 0 Å². The van der Waals surface area contributed by atoms with Gasteiger partial charge in [-0.15, -0.1) is 0 Å². The van der Waals surface area contributed by atoms with E-state index in [0.717, 1.165) is 41.4 Å². The lowest BCUT2D eigenvalue weighted by Crippen LogP contribution is -2.27. The average Bonchev–Trinajstić information content (AvgIpc) is 3.23. The Kier molecular flexibility index (Phi) is 6.06. The molecule has 0 bridgehead atoms. The standard InChI is InChI=1S/C22H22BrN3O2S/c1-14-12-15(10-11-18(14)23)24-20(27)13-29-22-25-19-9-5-4-8-17(19)21(28)26(22)16-6-2-3-7-16/h4-5,8-12,16H,2-3,6-7,13H2,1H3,(H,24,27). The van der Waals surface area contributed by atoms with E-state index in [4.69, 9.17) is 4.98 Å². The minimum absolute atomic E-state index is 0.00561. The summed E-state index contributed by atoms with van der Waals surface area (Å²) in [6, 6.07) is 13.3. The quantitative estimate of drug-likeness (QED) is 0.404. The van der Waals surface area contributed by atoms with Gasteiger partial charge in [0.25, 0.3) is 5.56 Å². The van der Waals surface area contributed by atoms with Crippen LogP contribution in [0.25, 0.3) is 10.9 Å². The minimum atomic E-state index is -0.114. The molecule has 1 fully saturated rings. The lowest BCUT2D eigenvalue weighted by Gasteiger charge is -2.18. The van der Waals surface area contributed by atoms with Crippen molar-refractivity contribution >= 4 is 50.2 Å². The van der Waals surface area contributed by atoms with Gasteiger partial charge in [-0.3, -0.25) is 14.2 Å². The number of para-hydroxylation sites is 1. The van der Waals surface area contributed by atoms with Crippen LogP contribution in [-0.2, 0) is 4.79 Å². The summed E-state index contributed by atoms with van der Waals surface area (Å²) in [5, 5.41) is 4.19. The van der Waals surface area contributed by atoms with E-state index in [1.165, 1.54) is 11.8 Å². The van der Waals surface area contributed by atoms with Crippen molar-refractivity contribution < 1.29 is 4.79 Å². The van der Waals surface area contributed by atoms with Crippen LogP contribution in [0.15, 0.2) is 56.9 Å². The topological polar surface area (TPSA) is 64.0 Å². The van der Waals surface area contributed by atoms with E-state index in [2.05, 4.69) is 21.2 Å². The lowest BCUT2D eigenvalue weighted by molar-refractivity contribution is -0.113. The highest BCUT2D eigenvalue weighted by molar-refractivity contribution is 9.10. The zero-order valence-corrected chi connectivity index (χ0v) is 18.6. The fraction of sp³-hybridized carbons (Fsp3) is 0.318. The van der Waals surface area contributed by atoms with E-state index >= 15 is 0 Å². The molecule has 2 aromatic carbocycles. The Labute approximate surface area is 182 Å². The molecule has 0 atom stereocenters. The Morgan fingerprint density at radius 2 is 2.00 bits per heavy atom. The molecule has 0 radical (unpaired) electrons. The van der Waals surface area contributed by atoms with Crippen molar-refractivity contribution in [2.24, 2.45) is 0 Å². The van der Waals surface area contributed by atoms with Crippen LogP contribution in [0.4, 0.5) is 5.69 Å². The number of thioether (sulfide) groups is 1. The van der Waals surface area contributed by atoms with E-state index < -0.39 is 0 Å². The number of carbonyl (C=O) groups is 1. The zero-order valence-electron chi connectivity index (χ0n) is 16.2. The number of aromatic nitrogens is 2. The van der Waals surface area contributed by atoms with Gasteiger partial charge < -0.3 is 5.32 Å². The fourth-order valence-corrected chi connectivity index (χ4v) is 4.87. The van der Waals surface area contributed by atoms with E-state index in [-0.39, 0.29) is 23.3 Å². The van der Waals surface area contributed by atoms with Crippen molar-refractivity contribution in [2.45, 2.75) is 43.8 Å². The van der Waals surface area contributed by atoms with Crippen LogP contribution in [-0.4, -0.2) is 21.2 Å². The Bertz CT molecular complexity index is 1120. The van der Waals surface area contributed by atoms with Gasteiger partial charge in [0.2, 0.25) is 5.91 Å². The number of hydrogen-bond donors (Lipinski definition) is 1. The number of nitrogens with one attached hydrogen (secondary N) is 1. The second kappa shape index (κ2) is 8.71. The molecule has 0 spiro atoms. The highest BCUT2D eigenvalue weighted by atomic mass is 79.9. The first kappa shape index (κ1) is 20.2. The van der Waals surface area contributed by atoms with Crippen LogP contribution >= 0.6 is 27.7 Å². The summed E-state index contributed by atoms with van der Waals surface area (Å²) in [4.78, 5) is 30.4. The first-order valence-corrected chi connectivity index (χ1v) is 11.5. The maximum atomic E-state index is 13.1. The maximum absolute atomic E-state index is 13.1. The normalized spacial score (nSPS) is 14.4. The Morgan fingerprint density at radius 3 is 2.76 bits per heavy atom. The van der Waals surface area contributed by atoms with Gasteiger partial charge in [-0.25, -0.2) is 4.98 Å². The number of nitrogens with zero attached hydrogens (tertiary/aromatic N) is 2. The molecule has 1 aromatic heterocycles. The SMILES string of the molecule is Cc1cc(NC(=O)CSc2nc3ccccc3c(=O)n2C2CCCC2)ccc1Br. The summed E-state index contributed by atoms with van der Waals surface area (Å²) < 4.78 is 2.82. The molecule has 150 valence electrons. The second-order valence-corrected chi connectivity index (χ2v) is 9.12. The average molecular weight is 472 g/mol. The number of anilines is 1. The van der Waals surface area contributed by atoms with Crippen LogP contribution < -0.4 is 10.9 Å². The molecule has 7 heteroatoms. The predicted molar refractivity (Wildman–Crippen MR) is 122 cm³/mol. The second-order valence-electron chi connectivity index (χ2n) is 7.33. The van der Waals surface area contributed by atoms with Crippen molar-refractivity contribution in [3.05, 3.63) is 62.9 Å². The van der Waals surface area contributed by atoms with Gasteiger partial charge in [-0.1, -0.05) is 52.7 Å². The third kappa shape index (κ3) is 4.41. The Balaban J connectivity index is 1.58. The number of hydrogen-bond acceptors (Lipinski definition) is 4. The highest BCUT2D eigenvalue weighted by Crippen LogP contribution is 2.32. The maximum Gasteiger partial charge on any atom is 0.262 e. The summed E-state index contributed by atoms with van der Waals surface area (Å²) in [6.07, 6.45) is 4.21. The molecule has 1 saturated carbocycles.